The summed E-state index contributed by atoms with van der Waals surface area (Å²) in [6, 6.07) is 3.83. The number of nitrogens with zero attached hydrogens (tertiary/aromatic N) is 1. The van der Waals surface area contributed by atoms with E-state index in [-0.39, 0.29) is 30.2 Å². The summed E-state index contributed by atoms with van der Waals surface area (Å²) in [5.74, 6) is -1.57. The molecule has 0 bridgehead atoms. The second-order valence-electron chi connectivity index (χ2n) is 4.25. The molecule has 0 aliphatic carbocycles. The van der Waals surface area contributed by atoms with Crippen molar-refractivity contribution in [1.82, 2.24) is 5.32 Å². The Kier molecular flexibility index (Phi) is 6.26. The van der Waals surface area contributed by atoms with E-state index in [1.54, 1.807) is 0 Å². The lowest BCUT2D eigenvalue weighted by Gasteiger charge is -2.09. The molecule has 1 aromatic rings. The van der Waals surface area contributed by atoms with Crippen molar-refractivity contribution in [2.75, 3.05) is 20.3 Å². The zero-order valence-electron chi connectivity index (χ0n) is 12.1. The fourth-order valence-corrected chi connectivity index (χ4v) is 1.55. The normalized spacial score (nSPS) is 11.5. The van der Waals surface area contributed by atoms with E-state index in [9.17, 15) is 19.7 Å². The second kappa shape index (κ2) is 7.93. The SMILES string of the molecule is COc1ccc(C(=O)NCCOC(C)C(=O)O)cc1[N+](=O)[O-]. The van der Waals surface area contributed by atoms with Crippen LogP contribution in [0.5, 0.6) is 5.75 Å². The van der Waals surface area contributed by atoms with Crippen molar-refractivity contribution in [3.63, 3.8) is 0 Å². The molecule has 0 saturated heterocycles. The standard InChI is InChI=1S/C13H16N2O7/c1-8(13(17)18)22-6-5-14-12(16)9-3-4-11(21-2)10(7-9)15(19)20/h3-4,7-8H,5-6H2,1-2H3,(H,14,16)(H,17,18). The summed E-state index contributed by atoms with van der Waals surface area (Å²) in [5.41, 5.74) is -0.218. The average molecular weight is 312 g/mol. The molecule has 0 aromatic heterocycles. The number of carboxylic acids is 1. The van der Waals surface area contributed by atoms with Crippen molar-refractivity contribution in [3.05, 3.63) is 33.9 Å². The van der Waals surface area contributed by atoms with Crippen LogP contribution in [0.1, 0.15) is 17.3 Å². The van der Waals surface area contributed by atoms with Crippen molar-refractivity contribution in [2.24, 2.45) is 0 Å². The summed E-state index contributed by atoms with van der Waals surface area (Å²) in [4.78, 5) is 32.6. The number of ether oxygens (including phenoxy) is 2. The minimum atomic E-state index is -1.10. The van der Waals surface area contributed by atoms with Crippen molar-refractivity contribution >= 4 is 17.6 Å². The van der Waals surface area contributed by atoms with Gasteiger partial charge in [-0.3, -0.25) is 14.9 Å². The Labute approximate surface area is 126 Å². The Balaban J connectivity index is 2.61. The van der Waals surface area contributed by atoms with E-state index in [0.717, 1.165) is 6.07 Å². The molecule has 0 aliphatic heterocycles. The summed E-state index contributed by atoms with van der Waals surface area (Å²) < 4.78 is 9.79. The Bertz CT molecular complexity index is 574. The van der Waals surface area contributed by atoms with Gasteiger partial charge in [0.15, 0.2) is 11.9 Å². The van der Waals surface area contributed by atoms with Crippen molar-refractivity contribution in [2.45, 2.75) is 13.0 Å². The number of nitrogens with one attached hydrogen (secondary N) is 1. The van der Waals surface area contributed by atoms with E-state index in [1.165, 1.54) is 26.2 Å². The van der Waals surface area contributed by atoms with Crippen LogP contribution >= 0.6 is 0 Å². The molecule has 120 valence electrons. The maximum absolute atomic E-state index is 11.9. The molecule has 2 N–H and O–H groups in total. The number of carbonyl (C=O) groups is 2. The zero-order valence-corrected chi connectivity index (χ0v) is 12.1. The molecule has 0 spiro atoms. The molecule has 0 fully saturated rings. The second-order valence-corrected chi connectivity index (χ2v) is 4.25. The first kappa shape index (κ1) is 17.4. The minimum Gasteiger partial charge on any atom is -0.490 e. The molecule has 0 heterocycles. The number of rotatable bonds is 8. The third kappa shape index (κ3) is 4.70. The molecule has 1 rings (SSSR count). The number of nitro benzene ring substituents is 1. The monoisotopic (exact) mass is 312 g/mol. The number of amides is 1. The van der Waals surface area contributed by atoms with Gasteiger partial charge in [0, 0.05) is 18.2 Å². The van der Waals surface area contributed by atoms with Gasteiger partial charge in [-0.2, -0.15) is 0 Å². The quantitative estimate of drug-likeness (QED) is 0.413. The molecule has 9 heteroatoms. The van der Waals surface area contributed by atoms with E-state index >= 15 is 0 Å². The van der Waals surface area contributed by atoms with Gasteiger partial charge in [-0.15, -0.1) is 0 Å². The van der Waals surface area contributed by atoms with Crippen LogP contribution < -0.4 is 10.1 Å². The number of nitro groups is 1. The molecule has 1 atom stereocenters. The lowest BCUT2D eigenvalue weighted by molar-refractivity contribution is -0.385. The Hall–Kier alpha value is -2.68. The van der Waals surface area contributed by atoms with E-state index in [4.69, 9.17) is 14.6 Å². The molecule has 0 saturated carbocycles. The number of hydrogen-bond donors (Lipinski definition) is 2. The summed E-state index contributed by atoms with van der Waals surface area (Å²) in [5, 5.41) is 22.0. The first-order valence-corrected chi connectivity index (χ1v) is 6.31. The fourth-order valence-electron chi connectivity index (χ4n) is 1.55. The maximum atomic E-state index is 11.9. The van der Waals surface area contributed by atoms with Gasteiger partial charge in [0.05, 0.1) is 18.6 Å². The molecular formula is C13H16N2O7. The maximum Gasteiger partial charge on any atom is 0.332 e. The van der Waals surface area contributed by atoms with Crippen LogP contribution in [-0.2, 0) is 9.53 Å². The minimum absolute atomic E-state index is 0.0114. The van der Waals surface area contributed by atoms with Crippen LogP contribution in [0.4, 0.5) is 5.69 Å². The van der Waals surface area contributed by atoms with E-state index in [0.29, 0.717) is 0 Å². The predicted octanol–water partition coefficient (Wildman–Crippen LogP) is 0.823. The summed E-state index contributed by atoms with van der Waals surface area (Å²) in [6.07, 6.45) is -0.973. The van der Waals surface area contributed by atoms with Gasteiger partial charge in [0.1, 0.15) is 0 Å². The lowest BCUT2D eigenvalue weighted by Crippen LogP contribution is -2.30. The molecule has 1 unspecified atom stereocenters. The van der Waals surface area contributed by atoms with Crippen LogP contribution in [0.3, 0.4) is 0 Å². The van der Waals surface area contributed by atoms with Gasteiger partial charge in [0.25, 0.3) is 5.91 Å². The van der Waals surface area contributed by atoms with Crippen molar-refractivity contribution < 1.29 is 29.1 Å². The van der Waals surface area contributed by atoms with E-state index < -0.39 is 22.9 Å². The summed E-state index contributed by atoms with van der Waals surface area (Å²) in [7, 11) is 1.29. The fraction of sp³-hybridized carbons (Fsp3) is 0.385. The van der Waals surface area contributed by atoms with Crippen LogP contribution in [0.15, 0.2) is 18.2 Å². The number of benzene rings is 1. The lowest BCUT2D eigenvalue weighted by atomic mass is 10.1. The third-order valence-electron chi connectivity index (χ3n) is 2.74. The predicted molar refractivity (Wildman–Crippen MR) is 75.0 cm³/mol. The smallest absolute Gasteiger partial charge is 0.332 e. The molecule has 0 aliphatic rings. The largest absolute Gasteiger partial charge is 0.490 e. The summed E-state index contributed by atoms with van der Waals surface area (Å²) >= 11 is 0. The summed E-state index contributed by atoms with van der Waals surface area (Å²) in [6.45, 7) is 1.46. The number of carbonyl (C=O) groups excluding carboxylic acids is 1. The molecular weight excluding hydrogens is 296 g/mol. The highest BCUT2D eigenvalue weighted by molar-refractivity contribution is 5.95. The van der Waals surface area contributed by atoms with Gasteiger partial charge in [-0.1, -0.05) is 0 Å². The van der Waals surface area contributed by atoms with Crippen molar-refractivity contribution in [3.8, 4) is 5.75 Å². The Morgan fingerprint density at radius 3 is 2.68 bits per heavy atom. The Morgan fingerprint density at radius 2 is 2.14 bits per heavy atom. The zero-order chi connectivity index (χ0) is 16.7. The third-order valence-corrected chi connectivity index (χ3v) is 2.74. The first-order chi connectivity index (χ1) is 10.4. The van der Waals surface area contributed by atoms with Crippen LogP contribution in [0.2, 0.25) is 0 Å². The highest BCUT2D eigenvalue weighted by Gasteiger charge is 2.18. The number of carboxylic acid groups (broad SMARTS) is 1. The topological polar surface area (TPSA) is 128 Å². The van der Waals surface area contributed by atoms with Crippen LogP contribution in [0, 0.1) is 10.1 Å². The number of aliphatic carboxylic acids is 1. The van der Waals surface area contributed by atoms with Crippen LogP contribution in [-0.4, -0.2) is 48.3 Å². The molecule has 0 radical (unpaired) electrons. The highest BCUT2D eigenvalue weighted by atomic mass is 16.6. The van der Waals surface area contributed by atoms with Gasteiger partial charge in [-0.05, 0) is 19.1 Å². The molecule has 22 heavy (non-hydrogen) atoms. The van der Waals surface area contributed by atoms with Crippen LogP contribution in [0.25, 0.3) is 0 Å². The average Bonchev–Trinajstić information content (AvgIpc) is 2.50. The van der Waals surface area contributed by atoms with Gasteiger partial charge in [0.2, 0.25) is 0 Å². The molecule has 1 aromatic carbocycles. The highest BCUT2D eigenvalue weighted by Crippen LogP contribution is 2.27. The van der Waals surface area contributed by atoms with Gasteiger partial charge in [-0.25, -0.2) is 4.79 Å². The van der Waals surface area contributed by atoms with Crippen molar-refractivity contribution in [1.29, 1.82) is 0 Å². The van der Waals surface area contributed by atoms with E-state index in [1.807, 2.05) is 0 Å². The Morgan fingerprint density at radius 1 is 1.45 bits per heavy atom. The number of methoxy groups -OCH3 is 1. The van der Waals surface area contributed by atoms with Gasteiger partial charge >= 0.3 is 11.7 Å². The van der Waals surface area contributed by atoms with Gasteiger partial charge < -0.3 is 19.9 Å². The molecule has 9 nitrogen and oxygen atoms in total. The first-order valence-electron chi connectivity index (χ1n) is 6.31. The number of hydrogen-bond acceptors (Lipinski definition) is 6. The van der Waals surface area contributed by atoms with E-state index in [2.05, 4.69) is 5.32 Å². The molecule has 1 amide bonds.